The second-order valence-electron chi connectivity index (χ2n) is 7.73. The van der Waals surface area contributed by atoms with E-state index in [9.17, 15) is 9.59 Å². The maximum Gasteiger partial charge on any atom is 0.410 e. The predicted molar refractivity (Wildman–Crippen MR) is 130 cm³/mol. The Bertz CT molecular complexity index is 1180. The predicted octanol–water partition coefficient (Wildman–Crippen LogP) is 3.51. The van der Waals surface area contributed by atoms with Gasteiger partial charge in [0, 0.05) is 50.3 Å². The minimum Gasteiger partial charge on any atom is -0.497 e. The molecule has 11 heteroatoms. The van der Waals surface area contributed by atoms with Crippen LogP contribution in [0.4, 0.5) is 26.9 Å². The van der Waals surface area contributed by atoms with Crippen LogP contribution >= 0.6 is 0 Å². The van der Waals surface area contributed by atoms with Gasteiger partial charge in [0.05, 0.1) is 7.11 Å². The van der Waals surface area contributed by atoms with Crippen molar-refractivity contribution in [2.24, 2.45) is 0 Å². The third kappa shape index (κ3) is 6.28. The molecule has 1 saturated heterocycles. The number of nitrogens with one attached hydrogen (secondary N) is 2. The molecule has 2 aromatic heterocycles. The minimum absolute atomic E-state index is 0.168. The van der Waals surface area contributed by atoms with E-state index >= 15 is 0 Å². The van der Waals surface area contributed by atoms with E-state index in [0.29, 0.717) is 49.2 Å². The molecule has 1 fully saturated rings. The lowest BCUT2D eigenvalue weighted by Crippen LogP contribution is -2.50. The molecule has 1 aromatic carbocycles. The Balaban J connectivity index is 1.34. The number of pyridine rings is 2. The number of carboxylic acid groups (broad SMARTS) is 1. The molecule has 3 aromatic rings. The highest BCUT2D eigenvalue weighted by atomic mass is 16.5. The summed E-state index contributed by atoms with van der Waals surface area (Å²) < 4.78 is 11.2. The van der Waals surface area contributed by atoms with Crippen LogP contribution in [0.25, 0.3) is 0 Å². The lowest BCUT2D eigenvalue weighted by atomic mass is 10.2. The van der Waals surface area contributed by atoms with E-state index in [0.717, 1.165) is 5.56 Å². The summed E-state index contributed by atoms with van der Waals surface area (Å²) in [6, 6.07) is 14.1. The molecule has 0 bridgehead atoms. The monoisotopic (exact) mass is 478 g/mol. The fourth-order valence-corrected chi connectivity index (χ4v) is 3.66. The molecule has 3 heterocycles. The second kappa shape index (κ2) is 11.1. The van der Waals surface area contributed by atoms with E-state index in [-0.39, 0.29) is 18.5 Å². The van der Waals surface area contributed by atoms with Gasteiger partial charge in [0.15, 0.2) is 11.6 Å². The highest BCUT2D eigenvalue weighted by molar-refractivity contribution is 5.89. The van der Waals surface area contributed by atoms with Crippen LogP contribution in [0.3, 0.4) is 0 Å². The van der Waals surface area contributed by atoms with Crippen LogP contribution in [0.15, 0.2) is 60.9 Å². The number of methoxy groups -OCH3 is 1. The lowest BCUT2D eigenvalue weighted by Gasteiger charge is -2.35. The molecule has 0 radical (unpaired) electrons. The van der Waals surface area contributed by atoms with Gasteiger partial charge >= 0.3 is 12.1 Å². The first-order valence-electron chi connectivity index (χ1n) is 11.0. The van der Waals surface area contributed by atoms with Crippen molar-refractivity contribution in [3.63, 3.8) is 0 Å². The quantitative estimate of drug-likeness (QED) is 0.471. The number of aromatic nitrogens is 2. The first-order valence-corrected chi connectivity index (χ1v) is 11.0. The van der Waals surface area contributed by atoms with Crippen LogP contribution in [-0.4, -0.2) is 65.4 Å². The van der Waals surface area contributed by atoms with Crippen molar-refractivity contribution in [1.29, 1.82) is 0 Å². The number of ether oxygens (including phenoxy) is 2. The molecule has 0 aliphatic carbocycles. The normalized spacial score (nSPS) is 13.2. The summed E-state index contributed by atoms with van der Waals surface area (Å²) in [5, 5.41) is 14.0. The van der Waals surface area contributed by atoms with Gasteiger partial charge in [-0.1, -0.05) is 6.07 Å². The molecular weight excluding hydrogens is 452 g/mol. The molecule has 1 aliphatic rings. The van der Waals surface area contributed by atoms with E-state index in [1.54, 1.807) is 42.5 Å². The average Bonchev–Trinajstić information content (AvgIpc) is 2.88. The Kier molecular flexibility index (Phi) is 7.46. The van der Waals surface area contributed by atoms with Crippen molar-refractivity contribution < 1.29 is 24.2 Å². The van der Waals surface area contributed by atoms with Gasteiger partial charge in [0.25, 0.3) is 0 Å². The smallest absolute Gasteiger partial charge is 0.410 e. The SMILES string of the molecule is COc1cccc(NC(=O)N2CCN(c3ncccc3OCc3ccnc(NC(=O)O)c3)CC2)c1. The third-order valence-electron chi connectivity index (χ3n) is 5.39. The molecule has 35 heavy (non-hydrogen) atoms. The summed E-state index contributed by atoms with van der Waals surface area (Å²) in [4.78, 5) is 35.8. The highest BCUT2D eigenvalue weighted by Gasteiger charge is 2.24. The number of hydrogen-bond acceptors (Lipinski definition) is 7. The number of amides is 3. The van der Waals surface area contributed by atoms with Crippen molar-refractivity contribution in [3.05, 3.63) is 66.5 Å². The number of piperazine rings is 1. The van der Waals surface area contributed by atoms with Crippen LogP contribution < -0.4 is 25.0 Å². The standard InChI is InChI=1S/C24H26N6O5/c1-34-19-5-2-4-18(15-19)27-23(31)30-12-10-29(11-13-30)22-20(6-3-8-26-22)35-16-17-7-9-25-21(14-17)28-24(32)33/h2-9,14-15H,10-13,16H2,1H3,(H,25,28)(H,27,31)(H,32,33). The Hall–Kier alpha value is -4.54. The highest BCUT2D eigenvalue weighted by Crippen LogP contribution is 2.27. The maximum atomic E-state index is 12.7. The number of benzene rings is 1. The Morgan fingerprint density at radius 2 is 1.83 bits per heavy atom. The van der Waals surface area contributed by atoms with Crippen molar-refractivity contribution in [2.45, 2.75) is 6.61 Å². The van der Waals surface area contributed by atoms with Crippen LogP contribution in [-0.2, 0) is 6.61 Å². The number of rotatable bonds is 7. The fraction of sp³-hybridized carbons (Fsp3) is 0.250. The Morgan fingerprint density at radius 1 is 1.00 bits per heavy atom. The zero-order chi connectivity index (χ0) is 24.6. The van der Waals surface area contributed by atoms with E-state index < -0.39 is 6.09 Å². The van der Waals surface area contributed by atoms with Crippen molar-refractivity contribution in [3.8, 4) is 11.5 Å². The molecule has 182 valence electrons. The first-order chi connectivity index (χ1) is 17.0. The van der Waals surface area contributed by atoms with Gasteiger partial charge < -0.3 is 29.7 Å². The third-order valence-corrected chi connectivity index (χ3v) is 5.39. The summed E-state index contributed by atoms with van der Waals surface area (Å²) in [5.74, 6) is 2.20. The number of anilines is 3. The Labute approximate surface area is 202 Å². The van der Waals surface area contributed by atoms with Gasteiger partial charge in [-0.3, -0.25) is 5.32 Å². The van der Waals surface area contributed by atoms with Gasteiger partial charge in [0.2, 0.25) is 0 Å². The van der Waals surface area contributed by atoms with Crippen LogP contribution in [0.5, 0.6) is 11.5 Å². The zero-order valence-electron chi connectivity index (χ0n) is 19.2. The van der Waals surface area contributed by atoms with Gasteiger partial charge in [-0.2, -0.15) is 0 Å². The fourth-order valence-electron chi connectivity index (χ4n) is 3.66. The van der Waals surface area contributed by atoms with Crippen LogP contribution in [0.1, 0.15) is 5.56 Å². The zero-order valence-corrected chi connectivity index (χ0v) is 19.2. The van der Waals surface area contributed by atoms with Crippen molar-refractivity contribution in [2.75, 3.05) is 48.8 Å². The minimum atomic E-state index is -1.18. The largest absolute Gasteiger partial charge is 0.497 e. The molecule has 0 atom stereocenters. The lowest BCUT2D eigenvalue weighted by molar-refractivity contribution is 0.207. The van der Waals surface area contributed by atoms with E-state index in [4.69, 9.17) is 14.6 Å². The molecule has 1 aliphatic heterocycles. The summed E-state index contributed by atoms with van der Waals surface area (Å²) >= 11 is 0. The Morgan fingerprint density at radius 3 is 2.60 bits per heavy atom. The number of carbonyl (C=O) groups is 2. The topological polar surface area (TPSA) is 129 Å². The number of carbonyl (C=O) groups excluding carboxylic acids is 1. The first kappa shape index (κ1) is 23.6. The van der Waals surface area contributed by atoms with Gasteiger partial charge in [-0.25, -0.2) is 19.6 Å². The molecule has 11 nitrogen and oxygen atoms in total. The average molecular weight is 479 g/mol. The van der Waals surface area contributed by atoms with E-state index in [2.05, 4.69) is 25.5 Å². The van der Waals surface area contributed by atoms with Gasteiger partial charge in [-0.05, 0) is 42.0 Å². The molecule has 4 rings (SSSR count). The van der Waals surface area contributed by atoms with Crippen LogP contribution in [0.2, 0.25) is 0 Å². The number of nitrogens with zero attached hydrogens (tertiary/aromatic N) is 4. The summed E-state index contributed by atoms with van der Waals surface area (Å²) in [6.45, 7) is 2.47. The number of urea groups is 1. The summed E-state index contributed by atoms with van der Waals surface area (Å²) in [5.41, 5.74) is 1.44. The van der Waals surface area contributed by atoms with E-state index in [1.165, 1.54) is 6.20 Å². The van der Waals surface area contributed by atoms with Crippen LogP contribution in [0, 0.1) is 0 Å². The second-order valence-corrected chi connectivity index (χ2v) is 7.73. The summed E-state index contributed by atoms with van der Waals surface area (Å²) in [7, 11) is 1.58. The molecule has 3 N–H and O–H groups in total. The van der Waals surface area contributed by atoms with Gasteiger partial charge in [0.1, 0.15) is 18.2 Å². The van der Waals surface area contributed by atoms with Gasteiger partial charge in [-0.15, -0.1) is 0 Å². The molecule has 0 unspecified atom stereocenters. The molecule has 0 spiro atoms. The molecule has 0 saturated carbocycles. The molecule has 3 amide bonds. The van der Waals surface area contributed by atoms with Crippen molar-refractivity contribution >= 4 is 29.4 Å². The maximum absolute atomic E-state index is 12.7. The molecular formula is C24H26N6O5. The number of hydrogen-bond donors (Lipinski definition) is 3. The summed E-state index contributed by atoms with van der Waals surface area (Å²) in [6.07, 6.45) is 2.04. The van der Waals surface area contributed by atoms with Crippen molar-refractivity contribution in [1.82, 2.24) is 14.9 Å². The van der Waals surface area contributed by atoms with E-state index in [1.807, 2.05) is 24.3 Å².